The molecule has 0 radical (unpaired) electrons. The highest BCUT2D eigenvalue weighted by Gasteiger charge is 2.10. The first-order valence-electron chi connectivity index (χ1n) is 6.29. The summed E-state index contributed by atoms with van der Waals surface area (Å²) in [6.45, 7) is 7.49. The molecule has 0 fully saturated rings. The van der Waals surface area contributed by atoms with E-state index in [1.807, 2.05) is 0 Å². The smallest absolute Gasteiger partial charge is 0.154 e. The van der Waals surface area contributed by atoms with Gasteiger partial charge >= 0.3 is 0 Å². The Morgan fingerprint density at radius 2 is 2.29 bits per heavy atom. The summed E-state index contributed by atoms with van der Waals surface area (Å²) in [5.74, 6) is 0.929. The molecule has 0 amide bonds. The molecule has 1 rings (SSSR count). The number of carbonyl (C=O) groups is 1. The van der Waals surface area contributed by atoms with Crippen molar-refractivity contribution in [2.24, 2.45) is 0 Å². The molecule has 5 nitrogen and oxygen atoms in total. The van der Waals surface area contributed by atoms with Gasteiger partial charge in [0.1, 0.15) is 12.2 Å². The fourth-order valence-electron chi connectivity index (χ4n) is 1.49. The number of aryl methyl sites for hydroxylation is 1. The summed E-state index contributed by atoms with van der Waals surface area (Å²) in [5, 5.41) is 7.29. The quantitative estimate of drug-likeness (QED) is 0.739. The summed E-state index contributed by atoms with van der Waals surface area (Å²) in [7, 11) is 0. The van der Waals surface area contributed by atoms with Crippen LogP contribution >= 0.6 is 0 Å². The average Bonchev–Trinajstić information content (AvgIpc) is 2.74. The van der Waals surface area contributed by atoms with Crippen LogP contribution in [-0.2, 0) is 17.8 Å². The normalized spacial score (nSPS) is 12.6. The zero-order valence-electron chi connectivity index (χ0n) is 10.9. The zero-order chi connectivity index (χ0) is 12.7. The van der Waals surface area contributed by atoms with Gasteiger partial charge in [-0.15, -0.1) is 0 Å². The minimum atomic E-state index is 0.163. The molecule has 0 aromatic carbocycles. The number of ketones is 1. The molecule has 1 unspecified atom stereocenters. The molecular weight excluding hydrogens is 216 g/mol. The molecule has 1 heterocycles. The van der Waals surface area contributed by atoms with Gasteiger partial charge in [0.05, 0.1) is 13.0 Å². The molecule has 17 heavy (non-hydrogen) atoms. The Kier molecular flexibility index (Phi) is 5.83. The maximum atomic E-state index is 11.7. The number of carbonyl (C=O) groups excluding carboxylic acids is 1. The van der Waals surface area contributed by atoms with E-state index in [-0.39, 0.29) is 5.78 Å². The SMILES string of the molecule is CCCn1ncnc1CC(=O)CNC(C)CC. The van der Waals surface area contributed by atoms with Crippen LogP contribution < -0.4 is 5.32 Å². The van der Waals surface area contributed by atoms with Crippen molar-refractivity contribution >= 4 is 5.78 Å². The van der Waals surface area contributed by atoms with Crippen LogP contribution in [0.4, 0.5) is 0 Å². The van der Waals surface area contributed by atoms with Crippen LogP contribution in [0.25, 0.3) is 0 Å². The molecule has 96 valence electrons. The third-order valence-electron chi connectivity index (χ3n) is 2.75. The van der Waals surface area contributed by atoms with Gasteiger partial charge in [-0.2, -0.15) is 5.10 Å². The van der Waals surface area contributed by atoms with Gasteiger partial charge in [0.2, 0.25) is 0 Å². The average molecular weight is 238 g/mol. The molecule has 1 atom stereocenters. The number of hydrogen-bond acceptors (Lipinski definition) is 4. The second-order valence-electron chi connectivity index (χ2n) is 4.31. The van der Waals surface area contributed by atoms with Gasteiger partial charge in [0.15, 0.2) is 5.78 Å². The summed E-state index contributed by atoms with van der Waals surface area (Å²) >= 11 is 0. The Morgan fingerprint density at radius 3 is 2.94 bits per heavy atom. The standard InChI is InChI=1S/C12H22N4O/c1-4-6-16-12(14-9-15-16)7-11(17)8-13-10(3)5-2/h9-10,13H,4-8H2,1-3H3. The first kappa shape index (κ1) is 13.8. The predicted octanol–water partition coefficient (Wildman–Crippen LogP) is 1.19. The number of aromatic nitrogens is 3. The number of Topliss-reactive ketones (excluding diaryl/α,β-unsaturated/α-hetero) is 1. The van der Waals surface area contributed by atoms with Crippen LogP contribution in [0.1, 0.15) is 39.4 Å². The maximum absolute atomic E-state index is 11.7. The molecule has 0 aliphatic carbocycles. The highest BCUT2D eigenvalue weighted by Crippen LogP contribution is 1.98. The number of rotatable bonds is 8. The second kappa shape index (κ2) is 7.17. The lowest BCUT2D eigenvalue weighted by molar-refractivity contribution is -0.117. The number of hydrogen-bond donors (Lipinski definition) is 1. The summed E-state index contributed by atoms with van der Waals surface area (Å²) < 4.78 is 1.81. The van der Waals surface area contributed by atoms with E-state index in [0.29, 0.717) is 19.0 Å². The second-order valence-corrected chi connectivity index (χ2v) is 4.31. The third kappa shape index (κ3) is 4.65. The van der Waals surface area contributed by atoms with Crippen molar-refractivity contribution < 1.29 is 4.79 Å². The lowest BCUT2D eigenvalue weighted by Crippen LogP contribution is -2.32. The van der Waals surface area contributed by atoms with Crippen LogP contribution in [0.2, 0.25) is 0 Å². The molecule has 0 spiro atoms. The van der Waals surface area contributed by atoms with Crippen LogP contribution in [0, 0.1) is 0 Å². The van der Waals surface area contributed by atoms with Gasteiger partial charge in [-0.1, -0.05) is 13.8 Å². The van der Waals surface area contributed by atoms with Gasteiger partial charge in [0.25, 0.3) is 0 Å². The largest absolute Gasteiger partial charge is 0.307 e. The van der Waals surface area contributed by atoms with Crippen molar-refractivity contribution in [3.8, 4) is 0 Å². The van der Waals surface area contributed by atoms with Crippen molar-refractivity contribution in [2.75, 3.05) is 6.54 Å². The number of nitrogens with zero attached hydrogens (tertiary/aromatic N) is 3. The fourth-order valence-corrected chi connectivity index (χ4v) is 1.49. The molecule has 0 bridgehead atoms. The van der Waals surface area contributed by atoms with Crippen molar-refractivity contribution in [1.29, 1.82) is 0 Å². The third-order valence-corrected chi connectivity index (χ3v) is 2.75. The molecule has 0 saturated heterocycles. The van der Waals surface area contributed by atoms with Gasteiger partial charge in [-0.25, -0.2) is 9.67 Å². The lowest BCUT2D eigenvalue weighted by atomic mass is 10.2. The van der Waals surface area contributed by atoms with E-state index >= 15 is 0 Å². The molecule has 0 aliphatic heterocycles. The van der Waals surface area contributed by atoms with Crippen LogP contribution in [0.15, 0.2) is 6.33 Å². The highest BCUT2D eigenvalue weighted by molar-refractivity contribution is 5.82. The Hall–Kier alpha value is -1.23. The van der Waals surface area contributed by atoms with Crippen LogP contribution in [0.3, 0.4) is 0 Å². The lowest BCUT2D eigenvalue weighted by Gasteiger charge is -2.10. The zero-order valence-corrected chi connectivity index (χ0v) is 10.9. The molecule has 1 aromatic rings. The first-order chi connectivity index (χ1) is 8.17. The summed E-state index contributed by atoms with van der Waals surface area (Å²) in [4.78, 5) is 15.9. The molecule has 0 aliphatic rings. The fraction of sp³-hybridized carbons (Fsp3) is 0.750. The topological polar surface area (TPSA) is 59.8 Å². The van der Waals surface area contributed by atoms with Crippen molar-refractivity contribution in [2.45, 2.75) is 52.6 Å². The summed E-state index contributed by atoms with van der Waals surface area (Å²) in [5.41, 5.74) is 0. The van der Waals surface area contributed by atoms with Gasteiger partial charge in [-0.05, 0) is 19.8 Å². The van der Waals surface area contributed by atoms with Gasteiger partial charge in [0, 0.05) is 12.6 Å². The van der Waals surface area contributed by atoms with Gasteiger partial charge < -0.3 is 5.32 Å². The van der Waals surface area contributed by atoms with E-state index in [9.17, 15) is 4.79 Å². The minimum absolute atomic E-state index is 0.163. The molecule has 1 aromatic heterocycles. The van der Waals surface area contributed by atoms with Crippen molar-refractivity contribution in [1.82, 2.24) is 20.1 Å². The van der Waals surface area contributed by atoms with E-state index < -0.39 is 0 Å². The molecule has 5 heteroatoms. The Balaban J connectivity index is 2.42. The summed E-state index contributed by atoms with van der Waals surface area (Å²) in [6, 6.07) is 0.382. The maximum Gasteiger partial charge on any atom is 0.154 e. The number of nitrogens with one attached hydrogen (secondary N) is 1. The predicted molar refractivity (Wildman–Crippen MR) is 66.8 cm³/mol. The van der Waals surface area contributed by atoms with E-state index in [2.05, 4.69) is 36.2 Å². The first-order valence-corrected chi connectivity index (χ1v) is 6.29. The Morgan fingerprint density at radius 1 is 1.53 bits per heavy atom. The minimum Gasteiger partial charge on any atom is -0.307 e. The molecule has 1 N–H and O–H groups in total. The van der Waals surface area contributed by atoms with E-state index in [1.165, 1.54) is 6.33 Å². The van der Waals surface area contributed by atoms with E-state index in [4.69, 9.17) is 0 Å². The monoisotopic (exact) mass is 238 g/mol. The van der Waals surface area contributed by atoms with Crippen molar-refractivity contribution in [3.63, 3.8) is 0 Å². The summed E-state index contributed by atoms with van der Waals surface area (Å²) in [6.07, 6.45) is 3.90. The Labute approximate surface area is 103 Å². The van der Waals surface area contributed by atoms with Crippen molar-refractivity contribution in [3.05, 3.63) is 12.2 Å². The molecular formula is C12H22N4O. The Bertz CT molecular complexity index is 348. The molecule has 0 saturated carbocycles. The highest BCUT2D eigenvalue weighted by atomic mass is 16.1. The van der Waals surface area contributed by atoms with Crippen LogP contribution in [0.5, 0.6) is 0 Å². The van der Waals surface area contributed by atoms with E-state index in [1.54, 1.807) is 4.68 Å². The van der Waals surface area contributed by atoms with Crippen LogP contribution in [-0.4, -0.2) is 33.1 Å². The van der Waals surface area contributed by atoms with E-state index in [0.717, 1.165) is 25.2 Å². The van der Waals surface area contributed by atoms with Gasteiger partial charge in [-0.3, -0.25) is 4.79 Å².